The van der Waals surface area contributed by atoms with Gasteiger partial charge in [0.05, 0.1) is 22.8 Å². The lowest BCUT2D eigenvalue weighted by molar-refractivity contribution is 0.120. The molecule has 2 N–H and O–H groups in total. The van der Waals surface area contributed by atoms with Gasteiger partial charge in [-0.25, -0.2) is 4.98 Å². The van der Waals surface area contributed by atoms with Crippen molar-refractivity contribution >= 4 is 28.5 Å². The first-order chi connectivity index (χ1) is 7.93. The Morgan fingerprint density at radius 3 is 2.76 bits per heavy atom. The summed E-state index contributed by atoms with van der Waals surface area (Å²) in [4.78, 5) is 6.07. The fourth-order valence-electron chi connectivity index (χ4n) is 1.28. The SMILES string of the molecule is Cc1ncsc1CCOCCC(C)(C)C(N)=S. The largest absolute Gasteiger partial charge is 0.393 e. The molecule has 0 aromatic carbocycles. The van der Waals surface area contributed by atoms with Gasteiger partial charge in [0.25, 0.3) is 0 Å². The van der Waals surface area contributed by atoms with E-state index >= 15 is 0 Å². The van der Waals surface area contributed by atoms with Crippen molar-refractivity contribution in [2.24, 2.45) is 11.1 Å². The third-order valence-electron chi connectivity index (χ3n) is 2.86. The van der Waals surface area contributed by atoms with E-state index in [1.807, 2.05) is 26.3 Å². The molecule has 0 saturated carbocycles. The van der Waals surface area contributed by atoms with Gasteiger partial charge in [0.1, 0.15) is 0 Å². The molecule has 5 heteroatoms. The number of aromatic nitrogens is 1. The zero-order valence-electron chi connectivity index (χ0n) is 10.7. The van der Waals surface area contributed by atoms with E-state index in [-0.39, 0.29) is 5.41 Å². The first kappa shape index (κ1) is 14.5. The van der Waals surface area contributed by atoms with Crippen LogP contribution >= 0.6 is 23.6 Å². The molecular weight excluding hydrogens is 252 g/mol. The monoisotopic (exact) mass is 272 g/mol. The van der Waals surface area contributed by atoms with E-state index < -0.39 is 0 Å². The van der Waals surface area contributed by atoms with Crippen LogP contribution in [0.5, 0.6) is 0 Å². The lowest BCUT2D eigenvalue weighted by atomic mass is 9.90. The molecule has 0 bridgehead atoms. The Bertz CT molecular complexity index is 374. The Morgan fingerprint density at radius 1 is 1.53 bits per heavy atom. The Balaban J connectivity index is 2.17. The Kier molecular flexibility index (Phi) is 5.49. The summed E-state index contributed by atoms with van der Waals surface area (Å²) in [6.07, 6.45) is 1.80. The van der Waals surface area contributed by atoms with Gasteiger partial charge in [-0.1, -0.05) is 26.1 Å². The summed E-state index contributed by atoms with van der Waals surface area (Å²) in [6.45, 7) is 7.55. The topological polar surface area (TPSA) is 48.1 Å². The second-order valence-electron chi connectivity index (χ2n) is 4.72. The quantitative estimate of drug-likeness (QED) is 0.612. The average Bonchev–Trinajstić information content (AvgIpc) is 2.63. The number of aryl methyl sites for hydroxylation is 1. The van der Waals surface area contributed by atoms with Crippen LogP contribution in [0.1, 0.15) is 30.8 Å². The lowest BCUT2D eigenvalue weighted by Crippen LogP contribution is -2.30. The van der Waals surface area contributed by atoms with Gasteiger partial charge >= 0.3 is 0 Å². The van der Waals surface area contributed by atoms with Crippen molar-refractivity contribution in [1.29, 1.82) is 0 Å². The van der Waals surface area contributed by atoms with Crippen molar-refractivity contribution < 1.29 is 4.74 Å². The van der Waals surface area contributed by atoms with E-state index in [0.717, 1.165) is 25.1 Å². The Morgan fingerprint density at radius 2 is 2.24 bits per heavy atom. The molecule has 0 radical (unpaired) electrons. The van der Waals surface area contributed by atoms with Gasteiger partial charge in [0.2, 0.25) is 0 Å². The predicted molar refractivity (Wildman–Crippen MR) is 76.6 cm³/mol. The van der Waals surface area contributed by atoms with E-state index in [1.165, 1.54) is 4.88 Å². The van der Waals surface area contributed by atoms with Crippen LogP contribution in [0.4, 0.5) is 0 Å². The minimum atomic E-state index is -0.115. The highest BCUT2D eigenvalue weighted by Crippen LogP contribution is 2.20. The zero-order chi connectivity index (χ0) is 12.9. The fraction of sp³-hybridized carbons (Fsp3) is 0.667. The molecule has 0 fully saturated rings. The van der Waals surface area contributed by atoms with Gasteiger partial charge < -0.3 is 10.5 Å². The van der Waals surface area contributed by atoms with Gasteiger partial charge in [0.15, 0.2) is 0 Å². The van der Waals surface area contributed by atoms with Gasteiger partial charge in [-0.15, -0.1) is 11.3 Å². The minimum absolute atomic E-state index is 0.115. The Hall–Kier alpha value is -0.520. The van der Waals surface area contributed by atoms with Crippen molar-refractivity contribution in [2.45, 2.75) is 33.6 Å². The molecule has 0 aliphatic rings. The molecule has 0 aliphatic carbocycles. The van der Waals surface area contributed by atoms with Crippen LogP contribution in [0.3, 0.4) is 0 Å². The number of hydrogen-bond acceptors (Lipinski definition) is 4. The minimum Gasteiger partial charge on any atom is -0.393 e. The zero-order valence-corrected chi connectivity index (χ0v) is 12.3. The summed E-state index contributed by atoms with van der Waals surface area (Å²) < 4.78 is 5.61. The molecule has 1 aromatic heterocycles. The van der Waals surface area contributed by atoms with Crippen LogP contribution in [0.15, 0.2) is 5.51 Å². The fourth-order valence-corrected chi connectivity index (χ4v) is 2.15. The smallest absolute Gasteiger partial charge is 0.0797 e. The van der Waals surface area contributed by atoms with Gasteiger partial charge in [-0.05, 0) is 13.3 Å². The summed E-state index contributed by atoms with van der Waals surface area (Å²) in [5, 5.41) is 0. The van der Waals surface area contributed by atoms with Crippen molar-refractivity contribution in [3.05, 3.63) is 16.1 Å². The number of thiazole rings is 1. The number of thiocarbonyl (C=S) groups is 1. The highest BCUT2D eigenvalue weighted by molar-refractivity contribution is 7.80. The number of nitrogens with two attached hydrogens (primary N) is 1. The van der Waals surface area contributed by atoms with Gasteiger partial charge in [-0.3, -0.25) is 0 Å². The van der Waals surface area contributed by atoms with E-state index in [9.17, 15) is 0 Å². The molecule has 3 nitrogen and oxygen atoms in total. The number of ether oxygens (including phenoxy) is 1. The molecule has 17 heavy (non-hydrogen) atoms. The van der Waals surface area contributed by atoms with Gasteiger partial charge in [0, 0.05) is 23.3 Å². The summed E-state index contributed by atoms with van der Waals surface area (Å²) in [6, 6.07) is 0. The molecule has 0 amide bonds. The van der Waals surface area contributed by atoms with Crippen molar-refractivity contribution in [1.82, 2.24) is 4.98 Å². The predicted octanol–water partition coefficient (Wildman–Crippen LogP) is 2.71. The molecule has 0 spiro atoms. The standard InChI is InChI=1S/C12H20N2OS2/c1-9-10(17-8-14-9)4-6-15-7-5-12(2,3)11(13)16/h8H,4-7H2,1-3H3,(H2,13,16). The first-order valence-electron chi connectivity index (χ1n) is 5.70. The van der Waals surface area contributed by atoms with Crippen LogP contribution in [-0.2, 0) is 11.2 Å². The number of rotatable bonds is 7. The maximum Gasteiger partial charge on any atom is 0.0797 e. The molecule has 1 aromatic rings. The van der Waals surface area contributed by atoms with Gasteiger partial charge in [-0.2, -0.15) is 0 Å². The summed E-state index contributed by atoms with van der Waals surface area (Å²) in [5.41, 5.74) is 8.52. The van der Waals surface area contributed by atoms with E-state index in [4.69, 9.17) is 22.7 Å². The van der Waals surface area contributed by atoms with Crippen LogP contribution < -0.4 is 5.73 Å². The number of nitrogens with zero attached hydrogens (tertiary/aromatic N) is 1. The molecule has 0 saturated heterocycles. The molecule has 1 heterocycles. The van der Waals surface area contributed by atoms with Crippen LogP contribution in [-0.4, -0.2) is 23.2 Å². The summed E-state index contributed by atoms with van der Waals surface area (Å²) in [5.74, 6) is 0. The molecule has 0 unspecified atom stereocenters. The molecular formula is C12H20N2OS2. The van der Waals surface area contributed by atoms with Crippen molar-refractivity contribution in [2.75, 3.05) is 13.2 Å². The Labute approximate surface area is 112 Å². The third-order valence-corrected chi connectivity index (χ3v) is 4.40. The van der Waals surface area contributed by atoms with Crippen LogP contribution in [0.2, 0.25) is 0 Å². The average molecular weight is 272 g/mol. The highest BCUT2D eigenvalue weighted by atomic mass is 32.1. The molecule has 0 aliphatic heterocycles. The van der Waals surface area contributed by atoms with Crippen molar-refractivity contribution in [3.63, 3.8) is 0 Å². The van der Waals surface area contributed by atoms with E-state index in [1.54, 1.807) is 11.3 Å². The maximum absolute atomic E-state index is 5.65. The third kappa shape index (κ3) is 4.69. The second kappa shape index (κ2) is 6.42. The summed E-state index contributed by atoms with van der Waals surface area (Å²) >= 11 is 6.69. The normalized spacial score (nSPS) is 11.7. The maximum atomic E-state index is 5.65. The molecule has 0 atom stereocenters. The number of hydrogen-bond donors (Lipinski definition) is 1. The summed E-state index contributed by atoms with van der Waals surface area (Å²) in [7, 11) is 0. The van der Waals surface area contributed by atoms with E-state index in [2.05, 4.69) is 4.98 Å². The lowest BCUT2D eigenvalue weighted by Gasteiger charge is -2.22. The van der Waals surface area contributed by atoms with E-state index in [0.29, 0.717) is 11.6 Å². The first-order valence-corrected chi connectivity index (χ1v) is 6.99. The van der Waals surface area contributed by atoms with Crippen LogP contribution in [0, 0.1) is 12.3 Å². The second-order valence-corrected chi connectivity index (χ2v) is 6.10. The van der Waals surface area contributed by atoms with Crippen LogP contribution in [0.25, 0.3) is 0 Å². The molecule has 1 rings (SSSR count). The van der Waals surface area contributed by atoms with Crippen molar-refractivity contribution in [3.8, 4) is 0 Å². The highest BCUT2D eigenvalue weighted by Gasteiger charge is 2.20. The molecule has 96 valence electrons.